The molecule has 1 aromatic rings. The van der Waals surface area contributed by atoms with Gasteiger partial charge < -0.3 is 15.8 Å². The summed E-state index contributed by atoms with van der Waals surface area (Å²) < 4.78 is 56.6. The van der Waals surface area contributed by atoms with E-state index in [0.717, 1.165) is 0 Å². The third-order valence-corrected chi connectivity index (χ3v) is 3.77. The van der Waals surface area contributed by atoms with E-state index >= 15 is 0 Å². The summed E-state index contributed by atoms with van der Waals surface area (Å²) in [5.41, 5.74) is 3.61. The van der Waals surface area contributed by atoms with Gasteiger partial charge in [-0.1, -0.05) is 11.6 Å². The summed E-state index contributed by atoms with van der Waals surface area (Å²) in [6.07, 6.45) is -3.84. The van der Waals surface area contributed by atoms with E-state index in [1.807, 2.05) is 0 Å². The fourth-order valence-electron chi connectivity index (χ4n) is 2.51. The predicted molar refractivity (Wildman–Crippen MR) is 74.5 cm³/mol. The van der Waals surface area contributed by atoms with Crippen LogP contribution < -0.4 is 11.1 Å². The molecule has 0 spiro atoms. The van der Waals surface area contributed by atoms with Crippen LogP contribution in [0.25, 0.3) is 0 Å². The van der Waals surface area contributed by atoms with Gasteiger partial charge in [-0.25, -0.2) is 14.2 Å². The summed E-state index contributed by atoms with van der Waals surface area (Å²) >= 11 is 5.48. The number of primary amides is 1. The summed E-state index contributed by atoms with van der Waals surface area (Å²) in [5, 5.41) is 1.87. The second-order valence-electron chi connectivity index (χ2n) is 5.22. The van der Waals surface area contributed by atoms with Gasteiger partial charge in [0, 0.05) is 12.5 Å². The Morgan fingerprint density at radius 1 is 1.43 bits per heavy atom. The van der Waals surface area contributed by atoms with E-state index < -0.39 is 34.9 Å². The van der Waals surface area contributed by atoms with E-state index in [4.69, 9.17) is 22.1 Å². The second kappa shape index (κ2) is 6.77. The largest absolute Gasteiger partial charge is 0.446 e. The van der Waals surface area contributed by atoms with E-state index in [0.29, 0.717) is 31.7 Å². The highest BCUT2D eigenvalue weighted by molar-refractivity contribution is 6.30. The van der Waals surface area contributed by atoms with Crippen molar-refractivity contribution in [3.05, 3.63) is 22.6 Å². The molecule has 1 amide bonds. The van der Waals surface area contributed by atoms with Gasteiger partial charge in [-0.2, -0.15) is 13.2 Å². The number of hydrogen-bond donors (Lipinski definition) is 2. The molecule has 1 aromatic heterocycles. The Kier molecular flexibility index (Phi) is 5.18. The Bertz CT molecular complexity index is 597. The highest BCUT2D eigenvalue weighted by atomic mass is 35.5. The van der Waals surface area contributed by atoms with E-state index in [9.17, 15) is 22.4 Å². The van der Waals surface area contributed by atoms with Crippen LogP contribution in [-0.2, 0) is 10.9 Å². The van der Waals surface area contributed by atoms with Gasteiger partial charge in [0.15, 0.2) is 11.6 Å². The van der Waals surface area contributed by atoms with Crippen LogP contribution in [0, 0.1) is 5.82 Å². The van der Waals surface area contributed by atoms with E-state index in [-0.39, 0.29) is 11.9 Å². The van der Waals surface area contributed by atoms with Crippen LogP contribution in [-0.4, -0.2) is 23.2 Å². The van der Waals surface area contributed by atoms with Crippen molar-refractivity contribution in [2.45, 2.75) is 44.0 Å². The number of hydrogen-bond acceptors (Lipinski definition) is 4. The Balaban J connectivity index is 2.11. The zero-order chi connectivity index (χ0) is 17.2. The number of carbonyl (C=O) groups excluding carboxylic acids is 1. The maximum absolute atomic E-state index is 13.8. The lowest BCUT2D eigenvalue weighted by atomic mass is 9.93. The fourth-order valence-corrected chi connectivity index (χ4v) is 2.75. The van der Waals surface area contributed by atoms with E-state index in [1.165, 1.54) is 0 Å². The highest BCUT2D eigenvalue weighted by Gasteiger charge is 2.35. The third-order valence-electron chi connectivity index (χ3n) is 3.48. The normalized spacial score (nSPS) is 21.8. The zero-order valence-electron chi connectivity index (χ0n) is 11.8. The quantitative estimate of drug-likeness (QED) is 0.640. The minimum atomic E-state index is -4.78. The van der Waals surface area contributed by atoms with Gasteiger partial charge in [0.1, 0.15) is 11.3 Å². The summed E-state index contributed by atoms with van der Waals surface area (Å²) in [6.45, 7) is 0. The molecule has 0 saturated heterocycles. The number of ether oxygens (including phenoxy) is 1. The Labute approximate surface area is 134 Å². The first kappa shape index (κ1) is 17.6. The van der Waals surface area contributed by atoms with Crippen LogP contribution in [0.2, 0.25) is 5.15 Å². The molecule has 2 atom stereocenters. The summed E-state index contributed by atoms with van der Waals surface area (Å²) in [5.74, 6) is -1.52. The van der Waals surface area contributed by atoms with Crippen molar-refractivity contribution < 1.29 is 27.1 Å². The summed E-state index contributed by atoms with van der Waals surface area (Å²) in [4.78, 5) is 14.2. The van der Waals surface area contributed by atoms with Crippen molar-refractivity contribution >= 4 is 23.5 Å². The smallest absolute Gasteiger partial charge is 0.419 e. The standard InChI is InChI=1S/C13H14ClF4N3O2/c14-10-8(13(16,17)18)5-9(15)11(21-10)20-6-2-1-3-7(4-6)23-12(19)22/h5-7H,1-4H2,(H2,19,22)(H,20,21). The lowest BCUT2D eigenvalue weighted by Crippen LogP contribution is -2.34. The average molecular weight is 356 g/mol. The molecule has 1 fully saturated rings. The van der Waals surface area contributed by atoms with E-state index in [1.54, 1.807) is 0 Å². The van der Waals surface area contributed by atoms with Crippen LogP contribution in [0.3, 0.4) is 0 Å². The van der Waals surface area contributed by atoms with Crippen LogP contribution in [0.5, 0.6) is 0 Å². The Hall–Kier alpha value is -1.77. The third kappa shape index (κ3) is 4.60. The number of alkyl halides is 3. The molecule has 128 valence electrons. The number of nitrogens with zero attached hydrogens (tertiary/aromatic N) is 1. The molecule has 23 heavy (non-hydrogen) atoms. The van der Waals surface area contributed by atoms with Gasteiger partial charge in [-0.3, -0.25) is 0 Å². The predicted octanol–water partition coefficient (Wildman–Crippen LogP) is 3.71. The molecule has 1 aliphatic rings. The number of rotatable bonds is 3. The SMILES string of the molecule is NC(=O)OC1CCCC(Nc2nc(Cl)c(C(F)(F)F)cc2F)C1. The fraction of sp³-hybridized carbons (Fsp3) is 0.538. The van der Waals surface area contributed by atoms with Crippen molar-refractivity contribution in [2.75, 3.05) is 5.32 Å². The molecule has 0 aromatic carbocycles. The van der Waals surface area contributed by atoms with Crippen LogP contribution in [0.4, 0.5) is 28.2 Å². The number of nitrogens with one attached hydrogen (secondary N) is 1. The molecular formula is C13H14ClF4N3O2. The first-order chi connectivity index (χ1) is 10.7. The molecule has 2 rings (SSSR count). The number of halogens is 5. The molecule has 1 aliphatic carbocycles. The van der Waals surface area contributed by atoms with Gasteiger partial charge in [0.25, 0.3) is 0 Å². The minimum absolute atomic E-state index is 0.303. The molecule has 0 aliphatic heterocycles. The Morgan fingerprint density at radius 3 is 2.74 bits per heavy atom. The van der Waals surface area contributed by atoms with Crippen molar-refractivity contribution in [1.29, 1.82) is 0 Å². The van der Waals surface area contributed by atoms with Crippen LogP contribution >= 0.6 is 11.6 Å². The lowest BCUT2D eigenvalue weighted by Gasteiger charge is -2.29. The minimum Gasteiger partial charge on any atom is -0.446 e. The monoisotopic (exact) mass is 355 g/mol. The molecular weight excluding hydrogens is 342 g/mol. The number of aromatic nitrogens is 1. The number of anilines is 1. The topological polar surface area (TPSA) is 77.2 Å². The molecule has 5 nitrogen and oxygen atoms in total. The molecule has 2 unspecified atom stereocenters. The first-order valence-corrected chi connectivity index (χ1v) is 7.20. The van der Waals surface area contributed by atoms with Crippen LogP contribution in [0.1, 0.15) is 31.2 Å². The van der Waals surface area contributed by atoms with Crippen molar-refractivity contribution in [3.63, 3.8) is 0 Å². The number of carbonyl (C=O) groups is 1. The van der Waals surface area contributed by atoms with Gasteiger partial charge in [0.2, 0.25) is 0 Å². The lowest BCUT2D eigenvalue weighted by molar-refractivity contribution is -0.137. The van der Waals surface area contributed by atoms with Crippen molar-refractivity contribution in [2.24, 2.45) is 5.73 Å². The zero-order valence-corrected chi connectivity index (χ0v) is 12.5. The molecule has 1 heterocycles. The van der Waals surface area contributed by atoms with Gasteiger partial charge >= 0.3 is 12.3 Å². The highest BCUT2D eigenvalue weighted by Crippen LogP contribution is 2.36. The first-order valence-electron chi connectivity index (χ1n) is 6.82. The summed E-state index contributed by atoms with van der Waals surface area (Å²) in [6, 6.07) is -0.0133. The number of pyridine rings is 1. The molecule has 1 saturated carbocycles. The second-order valence-corrected chi connectivity index (χ2v) is 5.58. The molecule has 0 radical (unpaired) electrons. The van der Waals surface area contributed by atoms with Gasteiger partial charge in [-0.05, 0) is 25.3 Å². The Morgan fingerprint density at radius 2 is 2.13 bits per heavy atom. The molecule has 10 heteroatoms. The maximum Gasteiger partial charge on any atom is 0.419 e. The average Bonchev–Trinajstić information content (AvgIpc) is 2.41. The van der Waals surface area contributed by atoms with Crippen LogP contribution in [0.15, 0.2) is 6.07 Å². The van der Waals surface area contributed by atoms with Crippen molar-refractivity contribution in [1.82, 2.24) is 4.98 Å². The van der Waals surface area contributed by atoms with E-state index in [2.05, 4.69) is 10.3 Å². The molecule has 0 bridgehead atoms. The number of nitrogens with two attached hydrogens (primary N) is 1. The number of amides is 1. The van der Waals surface area contributed by atoms with Gasteiger partial charge in [0.05, 0.1) is 5.56 Å². The molecule has 3 N–H and O–H groups in total. The summed E-state index contributed by atoms with van der Waals surface area (Å²) in [7, 11) is 0. The maximum atomic E-state index is 13.8. The van der Waals surface area contributed by atoms with Crippen molar-refractivity contribution in [3.8, 4) is 0 Å². The van der Waals surface area contributed by atoms with Gasteiger partial charge in [-0.15, -0.1) is 0 Å².